The molecule has 1 aliphatic heterocycles. The van der Waals surface area contributed by atoms with Crippen molar-refractivity contribution in [2.24, 2.45) is 0 Å². The second-order valence-corrected chi connectivity index (χ2v) is 12.6. The first kappa shape index (κ1) is 25.7. The maximum absolute atomic E-state index is 13.7. The summed E-state index contributed by atoms with van der Waals surface area (Å²) in [6, 6.07) is 17.2. The Morgan fingerprint density at radius 1 is 1.03 bits per heavy atom. The lowest BCUT2D eigenvalue weighted by Crippen LogP contribution is -2.41. The van der Waals surface area contributed by atoms with Crippen LogP contribution in [-0.2, 0) is 19.4 Å². The fourth-order valence-corrected chi connectivity index (χ4v) is 8.18. The smallest absolute Gasteiger partial charge is 0.255 e. The van der Waals surface area contributed by atoms with E-state index in [1.54, 1.807) is 54.0 Å². The number of nitrogens with zero attached hydrogens (tertiary/aromatic N) is 1. The van der Waals surface area contributed by atoms with E-state index in [0.717, 1.165) is 10.4 Å². The molecule has 7 nitrogen and oxygen atoms in total. The molecule has 1 saturated heterocycles. The quantitative estimate of drug-likeness (QED) is 0.350. The van der Waals surface area contributed by atoms with Gasteiger partial charge in [-0.05, 0) is 48.4 Å². The highest BCUT2D eigenvalue weighted by molar-refractivity contribution is 7.92. The lowest BCUT2D eigenvalue weighted by Gasteiger charge is -2.30. The SMILES string of the molecule is O=C(CC1(c2ccc(-c3ccc(Cl)cc3)s2)CCN(C(=O)c2ccccc2Cl)CCS1(=O)=O)NO. The van der Waals surface area contributed by atoms with Crippen molar-refractivity contribution in [3.05, 3.63) is 81.1 Å². The molecule has 11 heteroatoms. The van der Waals surface area contributed by atoms with E-state index in [4.69, 9.17) is 23.2 Å². The van der Waals surface area contributed by atoms with Crippen molar-refractivity contribution in [2.45, 2.75) is 17.6 Å². The van der Waals surface area contributed by atoms with Gasteiger partial charge < -0.3 is 4.90 Å². The molecule has 1 aromatic heterocycles. The van der Waals surface area contributed by atoms with Gasteiger partial charge in [-0.1, -0.05) is 47.5 Å². The van der Waals surface area contributed by atoms with Crippen LogP contribution in [0.5, 0.6) is 0 Å². The molecular formula is C24H22Cl2N2O5S2. The van der Waals surface area contributed by atoms with Crippen LogP contribution in [-0.4, -0.2) is 49.2 Å². The van der Waals surface area contributed by atoms with E-state index < -0.39 is 26.9 Å². The molecule has 4 rings (SSSR count). The normalized spacial score (nSPS) is 19.7. The van der Waals surface area contributed by atoms with Crippen LogP contribution < -0.4 is 5.48 Å². The lowest BCUT2D eigenvalue weighted by molar-refractivity contribution is -0.129. The molecule has 0 spiro atoms. The molecule has 1 atom stereocenters. The molecule has 2 amide bonds. The van der Waals surface area contributed by atoms with E-state index in [1.807, 2.05) is 12.1 Å². The summed E-state index contributed by atoms with van der Waals surface area (Å²) in [5.41, 5.74) is 2.71. The highest BCUT2D eigenvalue weighted by Crippen LogP contribution is 2.45. The zero-order valence-electron chi connectivity index (χ0n) is 18.4. The van der Waals surface area contributed by atoms with Gasteiger partial charge in [0.05, 0.1) is 22.8 Å². The monoisotopic (exact) mass is 552 g/mol. The molecule has 184 valence electrons. The molecule has 2 N–H and O–H groups in total. The Hall–Kier alpha value is -2.43. The van der Waals surface area contributed by atoms with E-state index in [1.165, 1.54) is 16.2 Å². The minimum atomic E-state index is -3.92. The maximum atomic E-state index is 13.7. The van der Waals surface area contributed by atoms with Crippen molar-refractivity contribution in [1.29, 1.82) is 0 Å². The Labute approximate surface area is 217 Å². The van der Waals surface area contributed by atoms with Gasteiger partial charge in [-0.3, -0.25) is 14.8 Å². The second kappa shape index (κ2) is 10.3. The molecule has 2 aromatic carbocycles. The number of amides is 2. The van der Waals surface area contributed by atoms with E-state index in [-0.39, 0.29) is 41.8 Å². The van der Waals surface area contributed by atoms with Crippen molar-refractivity contribution in [2.75, 3.05) is 18.8 Å². The predicted octanol–water partition coefficient (Wildman–Crippen LogP) is 4.77. The van der Waals surface area contributed by atoms with Gasteiger partial charge in [0, 0.05) is 27.9 Å². The van der Waals surface area contributed by atoms with Gasteiger partial charge in [-0.15, -0.1) is 11.3 Å². The van der Waals surface area contributed by atoms with Crippen LogP contribution >= 0.6 is 34.5 Å². The van der Waals surface area contributed by atoms with Crippen molar-refractivity contribution in [1.82, 2.24) is 10.4 Å². The Balaban J connectivity index is 1.73. The van der Waals surface area contributed by atoms with Crippen LogP contribution in [0.4, 0.5) is 0 Å². The lowest BCUT2D eigenvalue weighted by atomic mass is 9.97. The number of rotatable bonds is 5. The zero-order valence-corrected chi connectivity index (χ0v) is 21.6. The number of thiophene rings is 1. The second-order valence-electron chi connectivity index (χ2n) is 8.22. The molecule has 1 aliphatic rings. The molecule has 0 bridgehead atoms. The third-order valence-electron chi connectivity index (χ3n) is 6.16. The third kappa shape index (κ3) is 5.10. The van der Waals surface area contributed by atoms with E-state index in [2.05, 4.69) is 0 Å². The van der Waals surface area contributed by atoms with Gasteiger partial charge in [-0.25, -0.2) is 13.9 Å². The molecular weight excluding hydrogens is 531 g/mol. The molecule has 1 fully saturated rings. The maximum Gasteiger partial charge on any atom is 0.255 e. The number of hydrogen-bond acceptors (Lipinski definition) is 6. The van der Waals surface area contributed by atoms with Crippen LogP contribution in [0.3, 0.4) is 0 Å². The molecule has 0 aliphatic carbocycles. The van der Waals surface area contributed by atoms with Gasteiger partial charge in [-0.2, -0.15) is 0 Å². The number of nitrogens with one attached hydrogen (secondary N) is 1. The Morgan fingerprint density at radius 3 is 2.43 bits per heavy atom. The summed E-state index contributed by atoms with van der Waals surface area (Å²) in [5, 5.41) is 10.1. The van der Waals surface area contributed by atoms with Crippen molar-refractivity contribution in [3.63, 3.8) is 0 Å². The topological polar surface area (TPSA) is 104 Å². The first-order chi connectivity index (χ1) is 16.7. The van der Waals surface area contributed by atoms with E-state index >= 15 is 0 Å². The number of carbonyl (C=O) groups excluding carboxylic acids is 2. The Morgan fingerprint density at radius 2 is 1.74 bits per heavy atom. The number of sulfone groups is 1. The molecule has 0 saturated carbocycles. The minimum absolute atomic E-state index is 0.0144. The number of benzene rings is 2. The standard InChI is InChI=1S/C24H22Cl2N2O5S2/c25-17-7-5-16(6-8-17)20-9-10-21(34-20)24(15-22(29)27-31)11-12-28(13-14-35(24,32)33)23(30)18-3-1-2-4-19(18)26/h1-10,31H,11-15H2,(H,27,29). The molecule has 35 heavy (non-hydrogen) atoms. The van der Waals surface area contributed by atoms with Gasteiger partial charge in [0.15, 0.2) is 9.84 Å². The van der Waals surface area contributed by atoms with Gasteiger partial charge in [0.2, 0.25) is 5.91 Å². The highest BCUT2D eigenvalue weighted by atomic mass is 35.5. The van der Waals surface area contributed by atoms with Gasteiger partial charge in [0.1, 0.15) is 4.75 Å². The largest absolute Gasteiger partial charge is 0.338 e. The summed E-state index contributed by atoms with van der Waals surface area (Å²) < 4.78 is 25.8. The molecule has 3 aromatic rings. The molecule has 0 radical (unpaired) electrons. The van der Waals surface area contributed by atoms with E-state index in [0.29, 0.717) is 9.90 Å². The number of carbonyl (C=O) groups is 2. The van der Waals surface area contributed by atoms with Crippen LogP contribution in [0.25, 0.3) is 10.4 Å². The predicted molar refractivity (Wildman–Crippen MR) is 137 cm³/mol. The van der Waals surface area contributed by atoms with Crippen LogP contribution in [0.1, 0.15) is 28.1 Å². The Kier molecular flexibility index (Phi) is 7.54. The van der Waals surface area contributed by atoms with Crippen LogP contribution in [0, 0.1) is 0 Å². The van der Waals surface area contributed by atoms with Crippen molar-refractivity contribution in [3.8, 4) is 10.4 Å². The summed E-state index contributed by atoms with van der Waals surface area (Å²) in [6.45, 7) is 0.0560. The van der Waals surface area contributed by atoms with Crippen molar-refractivity contribution >= 4 is 56.2 Å². The molecule has 1 unspecified atom stereocenters. The average Bonchev–Trinajstić information content (AvgIpc) is 3.29. The summed E-state index contributed by atoms with van der Waals surface area (Å²) in [6.07, 6.45) is -0.486. The molecule has 2 heterocycles. The highest BCUT2D eigenvalue weighted by Gasteiger charge is 2.50. The van der Waals surface area contributed by atoms with Gasteiger partial charge in [0.25, 0.3) is 5.91 Å². The summed E-state index contributed by atoms with van der Waals surface area (Å²) in [7, 11) is -3.92. The van der Waals surface area contributed by atoms with Gasteiger partial charge >= 0.3 is 0 Å². The summed E-state index contributed by atoms with van der Waals surface area (Å²) in [5.74, 6) is -1.53. The minimum Gasteiger partial charge on any atom is -0.338 e. The average molecular weight is 553 g/mol. The Bertz CT molecular complexity index is 1360. The number of hydrogen-bond donors (Lipinski definition) is 2. The summed E-state index contributed by atoms with van der Waals surface area (Å²) in [4.78, 5) is 28.2. The first-order valence-corrected chi connectivity index (χ1v) is 13.9. The number of halogens is 2. The van der Waals surface area contributed by atoms with Crippen LogP contribution in [0.2, 0.25) is 10.0 Å². The van der Waals surface area contributed by atoms with Crippen LogP contribution in [0.15, 0.2) is 60.7 Å². The third-order valence-corrected chi connectivity index (χ3v) is 10.7. The zero-order chi connectivity index (χ0) is 25.2. The number of hydroxylamine groups is 1. The first-order valence-electron chi connectivity index (χ1n) is 10.7. The van der Waals surface area contributed by atoms with Crippen molar-refractivity contribution < 1.29 is 23.2 Å². The summed E-state index contributed by atoms with van der Waals surface area (Å²) >= 11 is 13.4. The fourth-order valence-electron chi connectivity index (χ4n) is 4.23. The fraction of sp³-hybridized carbons (Fsp3) is 0.250. The van der Waals surface area contributed by atoms with E-state index in [9.17, 15) is 23.2 Å².